The fourth-order valence-electron chi connectivity index (χ4n) is 6.41. The molecule has 1 aromatic carbocycles. The number of ketones is 4. The molecule has 0 aliphatic heterocycles. The van der Waals surface area contributed by atoms with Crippen LogP contribution in [0.15, 0.2) is 18.2 Å². The molecule has 0 saturated heterocycles. The molecule has 3 aliphatic carbocycles. The molecule has 10 heteroatoms. The highest BCUT2D eigenvalue weighted by Crippen LogP contribution is 2.56. The quantitative estimate of drug-likeness (QED) is 0.292. The van der Waals surface area contributed by atoms with E-state index in [-0.39, 0.29) is 11.3 Å². The average molecular weight is 500 g/mol. The topological polar surface area (TPSA) is 178 Å². The summed E-state index contributed by atoms with van der Waals surface area (Å²) in [5.41, 5.74) is 2.71. The van der Waals surface area contributed by atoms with Crippen molar-refractivity contribution >= 4 is 35.0 Å². The number of hydrogen-bond acceptors (Lipinski definition) is 9. The number of aromatic hydroxyl groups is 1. The Morgan fingerprint density at radius 3 is 2.44 bits per heavy atom. The van der Waals surface area contributed by atoms with Crippen LogP contribution < -0.4 is 5.73 Å². The van der Waals surface area contributed by atoms with Gasteiger partial charge in [-0.1, -0.05) is 38.3 Å². The van der Waals surface area contributed by atoms with Gasteiger partial charge in [0.2, 0.25) is 5.91 Å². The summed E-state index contributed by atoms with van der Waals surface area (Å²) in [6.07, 6.45) is 0.950. The zero-order valence-electron chi connectivity index (χ0n) is 20.1. The molecule has 10 nitrogen and oxygen atoms in total. The molecule has 0 aromatic heterocycles. The third kappa shape index (κ3) is 3.66. The molecule has 1 aromatic rings. The number of esters is 1. The molecule has 0 radical (unpaired) electrons. The third-order valence-electron chi connectivity index (χ3n) is 7.91. The Kier molecular flexibility index (Phi) is 6.59. The Bertz CT molecular complexity index is 1170. The number of benzene rings is 1. The highest BCUT2D eigenvalue weighted by molar-refractivity contribution is 6.31. The first-order valence-electron chi connectivity index (χ1n) is 12.1. The summed E-state index contributed by atoms with van der Waals surface area (Å²) in [5.74, 6) is -13.4. The number of carbonyl (C=O) groups is 6. The predicted octanol–water partition coefficient (Wildman–Crippen LogP) is 0.990. The number of amides is 1. The minimum Gasteiger partial charge on any atom is -0.507 e. The van der Waals surface area contributed by atoms with Gasteiger partial charge in [-0.25, -0.2) is 0 Å². The van der Waals surface area contributed by atoms with Crippen molar-refractivity contribution in [2.75, 3.05) is 0 Å². The first-order chi connectivity index (χ1) is 17.0. The second kappa shape index (κ2) is 9.24. The van der Waals surface area contributed by atoms with Gasteiger partial charge in [0.1, 0.15) is 11.9 Å². The molecular formula is C26H29NO9. The molecule has 192 valence electrons. The van der Waals surface area contributed by atoms with Crippen molar-refractivity contribution in [3.8, 4) is 5.75 Å². The molecule has 4 N–H and O–H groups in total. The van der Waals surface area contributed by atoms with Crippen LogP contribution in [0, 0.1) is 23.7 Å². The first kappa shape index (κ1) is 25.7. The van der Waals surface area contributed by atoms with Gasteiger partial charge in [-0.2, -0.15) is 0 Å². The van der Waals surface area contributed by atoms with Gasteiger partial charge in [-0.3, -0.25) is 28.8 Å². The van der Waals surface area contributed by atoms with Crippen molar-refractivity contribution in [3.05, 3.63) is 29.3 Å². The summed E-state index contributed by atoms with van der Waals surface area (Å²) >= 11 is 0. The van der Waals surface area contributed by atoms with Gasteiger partial charge in [0, 0.05) is 25.2 Å². The second-order valence-electron chi connectivity index (χ2n) is 9.94. The van der Waals surface area contributed by atoms with E-state index in [1.165, 1.54) is 6.07 Å². The lowest BCUT2D eigenvalue weighted by molar-refractivity contribution is -0.198. The van der Waals surface area contributed by atoms with E-state index in [4.69, 9.17) is 10.5 Å². The van der Waals surface area contributed by atoms with Gasteiger partial charge >= 0.3 is 5.97 Å². The zero-order chi connectivity index (χ0) is 26.5. The molecule has 4 rings (SSSR count). The number of phenols is 1. The summed E-state index contributed by atoms with van der Waals surface area (Å²) in [4.78, 5) is 77.6. The highest BCUT2D eigenvalue weighted by atomic mass is 16.5. The van der Waals surface area contributed by atoms with Gasteiger partial charge in [0.05, 0.1) is 11.5 Å². The predicted molar refractivity (Wildman–Crippen MR) is 123 cm³/mol. The summed E-state index contributed by atoms with van der Waals surface area (Å²) in [6, 6.07) is 4.54. The minimum atomic E-state index is -2.93. The Balaban J connectivity index is 1.94. The summed E-state index contributed by atoms with van der Waals surface area (Å²) in [5, 5.41) is 22.1. The molecule has 1 amide bonds. The maximum absolute atomic E-state index is 13.9. The van der Waals surface area contributed by atoms with E-state index < -0.39 is 82.7 Å². The Morgan fingerprint density at radius 1 is 1.14 bits per heavy atom. The fourth-order valence-corrected chi connectivity index (χ4v) is 6.41. The van der Waals surface area contributed by atoms with E-state index in [1.807, 2.05) is 6.92 Å². The zero-order valence-corrected chi connectivity index (χ0v) is 20.1. The van der Waals surface area contributed by atoms with Crippen LogP contribution >= 0.6 is 0 Å². The van der Waals surface area contributed by atoms with Crippen LogP contribution in [0.3, 0.4) is 0 Å². The maximum Gasteiger partial charge on any atom is 0.302 e. The standard InChI is InChI=1S/C26H29NO9/c1-3-4-5-7-13-12-8-6-9-15(29)17(12)21(31)20-18(13)22(36-11(2)28)14-10-16(30)19(25(27)34)23(32)26(14,35)24(20)33/h6,8-9,13-14,18-20,22,29,35H,3-5,7,10H2,1-2H3,(H2,27,34)/t13-,14+,18+,19?,20?,22+,26+/m0/s1. The van der Waals surface area contributed by atoms with Crippen LogP contribution in [-0.4, -0.2) is 56.9 Å². The molecule has 3 aliphatic rings. The lowest BCUT2D eigenvalue weighted by Crippen LogP contribution is -2.73. The molecular weight excluding hydrogens is 470 g/mol. The van der Waals surface area contributed by atoms with E-state index in [2.05, 4.69) is 0 Å². The van der Waals surface area contributed by atoms with Gasteiger partial charge in [-0.05, 0) is 24.0 Å². The monoisotopic (exact) mass is 499 g/mol. The van der Waals surface area contributed by atoms with Crippen molar-refractivity contribution in [1.29, 1.82) is 0 Å². The van der Waals surface area contributed by atoms with E-state index in [0.717, 1.165) is 19.8 Å². The van der Waals surface area contributed by atoms with Crippen molar-refractivity contribution in [3.63, 3.8) is 0 Å². The molecule has 36 heavy (non-hydrogen) atoms. The molecule has 0 spiro atoms. The average Bonchev–Trinajstić information content (AvgIpc) is 2.79. The van der Waals surface area contributed by atoms with Crippen LogP contribution in [-0.2, 0) is 28.7 Å². The smallest absolute Gasteiger partial charge is 0.302 e. The highest BCUT2D eigenvalue weighted by Gasteiger charge is 2.71. The van der Waals surface area contributed by atoms with E-state index in [1.54, 1.807) is 12.1 Å². The van der Waals surface area contributed by atoms with Gasteiger partial charge in [0.25, 0.3) is 0 Å². The molecule has 7 atom stereocenters. The Morgan fingerprint density at radius 2 is 1.83 bits per heavy atom. The Hall–Kier alpha value is -3.40. The van der Waals surface area contributed by atoms with Crippen LogP contribution in [0.4, 0.5) is 0 Å². The van der Waals surface area contributed by atoms with E-state index >= 15 is 0 Å². The lowest BCUT2D eigenvalue weighted by Gasteiger charge is -2.54. The van der Waals surface area contributed by atoms with E-state index in [0.29, 0.717) is 18.4 Å². The number of aliphatic hydroxyl groups is 1. The van der Waals surface area contributed by atoms with Crippen LogP contribution in [0.5, 0.6) is 5.75 Å². The normalized spacial score (nSPS) is 33.4. The number of fused-ring (bicyclic) bond motifs is 3. The molecule has 0 bridgehead atoms. The maximum atomic E-state index is 13.9. The van der Waals surface area contributed by atoms with Gasteiger partial charge in [-0.15, -0.1) is 0 Å². The molecule has 0 heterocycles. The number of phenolic OH excluding ortho intramolecular Hbond substituents is 1. The minimum absolute atomic E-state index is 0.0805. The number of carbonyl (C=O) groups excluding carboxylic acids is 6. The molecule has 2 fully saturated rings. The van der Waals surface area contributed by atoms with Gasteiger partial charge < -0.3 is 20.7 Å². The van der Waals surface area contributed by atoms with E-state index in [9.17, 15) is 39.0 Å². The molecule has 2 unspecified atom stereocenters. The second-order valence-corrected chi connectivity index (χ2v) is 9.94. The summed E-state index contributed by atoms with van der Waals surface area (Å²) < 4.78 is 5.58. The summed E-state index contributed by atoms with van der Waals surface area (Å²) in [7, 11) is 0. The fraction of sp³-hybridized carbons (Fsp3) is 0.538. The number of rotatable bonds is 6. The number of nitrogens with two attached hydrogens (primary N) is 1. The number of Topliss-reactive ketones (excluding diaryl/α,β-unsaturated/α-hetero) is 4. The molecule has 2 saturated carbocycles. The largest absolute Gasteiger partial charge is 0.507 e. The van der Waals surface area contributed by atoms with Crippen molar-refractivity contribution in [1.82, 2.24) is 0 Å². The lowest BCUT2D eigenvalue weighted by atomic mass is 9.50. The number of ether oxygens (including phenoxy) is 1. The van der Waals surface area contributed by atoms with Crippen molar-refractivity contribution in [2.24, 2.45) is 29.4 Å². The van der Waals surface area contributed by atoms with Gasteiger partial charge in [0.15, 0.2) is 34.7 Å². The Labute approximate surface area is 207 Å². The van der Waals surface area contributed by atoms with Crippen molar-refractivity contribution in [2.45, 2.75) is 63.6 Å². The summed E-state index contributed by atoms with van der Waals surface area (Å²) in [6.45, 7) is 3.12. The third-order valence-corrected chi connectivity index (χ3v) is 7.91. The first-order valence-corrected chi connectivity index (χ1v) is 12.1. The van der Waals surface area contributed by atoms with Crippen molar-refractivity contribution < 1.29 is 43.7 Å². The van der Waals surface area contributed by atoms with Crippen LogP contribution in [0.25, 0.3) is 0 Å². The van der Waals surface area contributed by atoms with Crippen LogP contribution in [0.2, 0.25) is 0 Å². The number of unbranched alkanes of at least 4 members (excludes halogenated alkanes) is 2. The number of primary amides is 1. The SMILES string of the molecule is CCCCC[C@H]1c2cccc(O)c2C(=O)C2C(=O)[C@]3(O)C(=O)C(C(N)=O)C(=O)C[C@@H]3[C@@H](OC(C)=O)[C@@H]21. The van der Waals surface area contributed by atoms with Crippen LogP contribution in [0.1, 0.15) is 67.8 Å². The number of hydrogen-bond donors (Lipinski definition) is 3.